The van der Waals surface area contributed by atoms with E-state index in [9.17, 15) is 9.59 Å². The van der Waals surface area contributed by atoms with Gasteiger partial charge in [-0.05, 0) is 50.5 Å². The minimum atomic E-state index is -0.180. The lowest BCUT2D eigenvalue weighted by Crippen LogP contribution is -2.44. The second-order valence-corrected chi connectivity index (χ2v) is 11.3. The molecule has 0 spiro atoms. The Bertz CT molecular complexity index is 1500. The summed E-state index contributed by atoms with van der Waals surface area (Å²) in [6, 6.07) is 26.6. The molecule has 1 N–H and O–H groups in total. The van der Waals surface area contributed by atoms with Crippen LogP contribution in [0.3, 0.4) is 0 Å². The van der Waals surface area contributed by atoms with Crippen LogP contribution in [0, 0.1) is 13.8 Å². The molecule has 200 valence electrons. The fourth-order valence-electron chi connectivity index (χ4n) is 4.93. The Kier molecular flexibility index (Phi) is 7.89. The van der Waals surface area contributed by atoms with Gasteiger partial charge < -0.3 is 5.32 Å². The molecule has 0 aliphatic carbocycles. The summed E-state index contributed by atoms with van der Waals surface area (Å²) in [5.41, 5.74) is 6.93. The van der Waals surface area contributed by atoms with E-state index in [0.717, 1.165) is 45.6 Å². The lowest BCUT2D eigenvalue weighted by Gasteiger charge is -2.24. The largest absolute Gasteiger partial charge is 0.352 e. The molecule has 6 nitrogen and oxygen atoms in total. The van der Waals surface area contributed by atoms with Crippen molar-refractivity contribution in [2.75, 3.05) is 17.2 Å². The number of aryl methyl sites for hydroxylation is 2. The normalized spacial score (nSPS) is 15.9. The van der Waals surface area contributed by atoms with Crippen molar-refractivity contribution in [3.63, 3.8) is 0 Å². The van der Waals surface area contributed by atoms with Gasteiger partial charge in [-0.15, -0.1) is 11.8 Å². The Morgan fingerprint density at radius 2 is 1.74 bits per heavy atom. The van der Waals surface area contributed by atoms with Crippen LogP contribution >= 0.6 is 11.8 Å². The zero-order chi connectivity index (χ0) is 27.5. The molecule has 5 rings (SSSR count). The molecular formula is C32H34N4O2S. The van der Waals surface area contributed by atoms with Crippen molar-refractivity contribution < 1.29 is 9.59 Å². The van der Waals surface area contributed by atoms with E-state index in [1.54, 1.807) is 16.7 Å². The molecule has 2 amide bonds. The second kappa shape index (κ2) is 11.5. The van der Waals surface area contributed by atoms with E-state index in [0.29, 0.717) is 5.82 Å². The van der Waals surface area contributed by atoms with E-state index < -0.39 is 0 Å². The van der Waals surface area contributed by atoms with Crippen LogP contribution in [0.2, 0.25) is 0 Å². The van der Waals surface area contributed by atoms with Gasteiger partial charge in [0.1, 0.15) is 12.4 Å². The lowest BCUT2D eigenvalue weighted by atomic mass is 9.98. The van der Waals surface area contributed by atoms with Crippen LogP contribution in [0.5, 0.6) is 0 Å². The number of amides is 2. The fraction of sp³-hybridized carbons (Fsp3) is 0.281. The van der Waals surface area contributed by atoms with E-state index in [2.05, 4.69) is 42.6 Å². The Morgan fingerprint density at radius 3 is 2.44 bits per heavy atom. The van der Waals surface area contributed by atoms with Crippen LogP contribution in [0.4, 0.5) is 5.82 Å². The van der Waals surface area contributed by atoms with Gasteiger partial charge in [-0.2, -0.15) is 5.10 Å². The molecule has 1 aliphatic rings. The number of carbonyl (C=O) groups is 2. The summed E-state index contributed by atoms with van der Waals surface area (Å²) in [4.78, 5) is 28.6. The summed E-state index contributed by atoms with van der Waals surface area (Å²) in [7, 11) is 0. The van der Waals surface area contributed by atoms with Crippen LogP contribution in [-0.2, 0) is 9.59 Å². The number of thioether (sulfide) groups is 1. The van der Waals surface area contributed by atoms with Crippen LogP contribution in [0.15, 0.2) is 78.9 Å². The third-order valence-corrected chi connectivity index (χ3v) is 8.30. The smallest absolute Gasteiger partial charge is 0.240 e. The van der Waals surface area contributed by atoms with Gasteiger partial charge in [0.25, 0.3) is 0 Å². The number of aromatic nitrogens is 2. The predicted molar refractivity (Wildman–Crippen MR) is 159 cm³/mol. The highest BCUT2D eigenvalue weighted by Gasteiger charge is 2.37. The molecule has 1 aromatic heterocycles. The first-order chi connectivity index (χ1) is 18.9. The van der Waals surface area contributed by atoms with Crippen LogP contribution in [0.25, 0.3) is 16.9 Å². The third kappa shape index (κ3) is 5.64. The van der Waals surface area contributed by atoms with Crippen molar-refractivity contribution in [2.24, 2.45) is 0 Å². The van der Waals surface area contributed by atoms with Crippen molar-refractivity contribution in [1.82, 2.24) is 15.1 Å². The summed E-state index contributed by atoms with van der Waals surface area (Å²) in [5.74, 6) is 0.622. The minimum Gasteiger partial charge on any atom is -0.352 e. The first-order valence-electron chi connectivity index (χ1n) is 13.4. The van der Waals surface area contributed by atoms with E-state index >= 15 is 0 Å². The SMILES string of the molecule is CC[C@@H](C)NC(=O)CN1C(=O)CS[C@@H](c2cccc(C)c2)c2c(-c3ccccc3)nn(-c3cccc(C)c3)c21. The van der Waals surface area contributed by atoms with Gasteiger partial charge >= 0.3 is 0 Å². The zero-order valence-electron chi connectivity index (χ0n) is 22.8. The molecule has 0 unspecified atom stereocenters. The average molecular weight is 539 g/mol. The summed E-state index contributed by atoms with van der Waals surface area (Å²) >= 11 is 1.59. The summed E-state index contributed by atoms with van der Waals surface area (Å²) in [5, 5.41) is 8.06. The van der Waals surface area contributed by atoms with Gasteiger partial charge in [0.2, 0.25) is 11.8 Å². The molecule has 4 aromatic rings. The monoisotopic (exact) mass is 538 g/mol. The molecule has 39 heavy (non-hydrogen) atoms. The van der Waals surface area contributed by atoms with Crippen molar-refractivity contribution in [3.05, 3.63) is 101 Å². The van der Waals surface area contributed by atoms with Crippen LogP contribution < -0.4 is 10.2 Å². The Labute approximate surface area is 234 Å². The summed E-state index contributed by atoms with van der Waals surface area (Å²) in [6.45, 7) is 8.06. The molecule has 0 radical (unpaired) electrons. The van der Waals surface area contributed by atoms with E-state index in [1.807, 2.05) is 74.0 Å². The van der Waals surface area contributed by atoms with Crippen molar-refractivity contribution >= 4 is 29.4 Å². The zero-order valence-corrected chi connectivity index (χ0v) is 23.7. The van der Waals surface area contributed by atoms with Crippen molar-refractivity contribution in [1.29, 1.82) is 0 Å². The summed E-state index contributed by atoms with van der Waals surface area (Å²) in [6.07, 6.45) is 0.815. The second-order valence-electron chi connectivity index (χ2n) is 10.2. The number of nitrogens with one attached hydrogen (secondary N) is 1. The molecule has 7 heteroatoms. The summed E-state index contributed by atoms with van der Waals surface area (Å²) < 4.78 is 1.85. The van der Waals surface area contributed by atoms with Gasteiger partial charge in [-0.1, -0.05) is 79.2 Å². The topological polar surface area (TPSA) is 67.2 Å². The first kappa shape index (κ1) is 26.8. The molecule has 3 aromatic carbocycles. The maximum absolute atomic E-state index is 13.8. The van der Waals surface area contributed by atoms with E-state index in [-0.39, 0.29) is 35.4 Å². The standard InChI is InChI=1S/C32H34N4O2S/c1-5-23(4)33-27(37)19-35-28(38)20-39-31(25-15-9-11-21(2)17-25)29-30(24-13-7-6-8-14-24)34-36(32(29)35)26-16-10-12-22(3)18-26/h6-18,23,31H,5,19-20H2,1-4H3,(H,33,37)/t23-,31+/m1/s1. The highest BCUT2D eigenvalue weighted by Crippen LogP contribution is 2.48. The fourth-order valence-corrected chi connectivity index (χ4v) is 6.12. The van der Waals surface area contributed by atoms with Crippen LogP contribution in [0.1, 0.15) is 47.8 Å². The predicted octanol–water partition coefficient (Wildman–Crippen LogP) is 6.24. The number of nitrogens with zero attached hydrogens (tertiary/aromatic N) is 3. The maximum atomic E-state index is 13.8. The van der Waals surface area contributed by atoms with Gasteiger partial charge in [0.05, 0.1) is 22.4 Å². The number of carbonyl (C=O) groups excluding carboxylic acids is 2. The third-order valence-electron chi connectivity index (χ3n) is 7.05. The van der Waals surface area contributed by atoms with Gasteiger partial charge in [0.15, 0.2) is 0 Å². The molecule has 2 heterocycles. The number of rotatable bonds is 7. The molecular weight excluding hydrogens is 504 g/mol. The molecule has 0 bridgehead atoms. The first-order valence-corrected chi connectivity index (χ1v) is 14.4. The maximum Gasteiger partial charge on any atom is 0.240 e. The number of hydrogen-bond donors (Lipinski definition) is 1. The van der Waals surface area contributed by atoms with Gasteiger partial charge in [-0.25, -0.2) is 4.68 Å². The van der Waals surface area contributed by atoms with Gasteiger partial charge in [0, 0.05) is 17.2 Å². The Hall–Kier alpha value is -3.84. The van der Waals surface area contributed by atoms with Crippen LogP contribution in [-0.4, -0.2) is 39.9 Å². The Morgan fingerprint density at radius 1 is 1.03 bits per heavy atom. The number of benzene rings is 3. The highest BCUT2D eigenvalue weighted by molar-refractivity contribution is 8.00. The molecule has 0 fully saturated rings. The molecule has 0 saturated heterocycles. The highest BCUT2D eigenvalue weighted by atomic mass is 32.2. The number of fused-ring (bicyclic) bond motifs is 1. The van der Waals surface area contributed by atoms with Crippen molar-refractivity contribution in [3.8, 4) is 16.9 Å². The molecule has 1 aliphatic heterocycles. The quantitative estimate of drug-likeness (QED) is 0.302. The number of anilines is 1. The molecule has 0 saturated carbocycles. The lowest BCUT2D eigenvalue weighted by molar-refractivity contribution is -0.123. The minimum absolute atomic E-state index is 0.0232. The average Bonchev–Trinajstić information content (AvgIpc) is 3.26. The Balaban J connectivity index is 1.78. The van der Waals surface area contributed by atoms with E-state index in [4.69, 9.17) is 5.10 Å². The van der Waals surface area contributed by atoms with E-state index in [1.165, 1.54) is 0 Å². The van der Waals surface area contributed by atoms with Crippen molar-refractivity contribution in [2.45, 2.75) is 45.4 Å². The van der Waals surface area contributed by atoms with Gasteiger partial charge in [-0.3, -0.25) is 14.5 Å². The number of hydrogen-bond acceptors (Lipinski definition) is 4. The molecule has 2 atom stereocenters.